The number of aromatic amines is 2. The lowest BCUT2D eigenvalue weighted by Crippen LogP contribution is -2.42. The van der Waals surface area contributed by atoms with E-state index in [0.717, 1.165) is 67.0 Å². The number of hydrogen-bond donors (Lipinski definition) is 6. The Kier molecular flexibility index (Phi) is 19.4. The van der Waals surface area contributed by atoms with Crippen LogP contribution < -0.4 is 41.0 Å². The fourth-order valence-electron chi connectivity index (χ4n) is 8.67. The van der Waals surface area contributed by atoms with E-state index in [4.69, 9.17) is 53.6 Å². The van der Waals surface area contributed by atoms with Crippen LogP contribution in [0.3, 0.4) is 0 Å². The van der Waals surface area contributed by atoms with Crippen LogP contribution in [0, 0.1) is 13.8 Å². The molecule has 4 aromatic heterocycles. The highest BCUT2D eigenvalue weighted by atomic mass is 35.5. The number of pyridine rings is 2. The summed E-state index contributed by atoms with van der Waals surface area (Å²) >= 11 is 13.9. The van der Waals surface area contributed by atoms with Crippen molar-refractivity contribution in [1.29, 1.82) is 0 Å². The van der Waals surface area contributed by atoms with E-state index in [1.54, 1.807) is 101 Å². The lowest BCUT2D eigenvalue weighted by Gasteiger charge is -2.20. The summed E-state index contributed by atoms with van der Waals surface area (Å²) < 4.78 is 25.8. The number of benzene rings is 4. The Balaban J connectivity index is 0.994. The highest BCUT2D eigenvalue weighted by Gasteiger charge is 2.22. The molecule has 0 radical (unpaired) electrons. The number of aromatic nitrogens is 6. The van der Waals surface area contributed by atoms with Gasteiger partial charge >= 0.3 is 0 Å². The van der Waals surface area contributed by atoms with Gasteiger partial charge in [-0.3, -0.25) is 29.5 Å². The highest BCUT2D eigenvalue weighted by Crippen LogP contribution is 2.38. The second kappa shape index (κ2) is 27.1. The van der Waals surface area contributed by atoms with Crippen LogP contribution in [0.15, 0.2) is 133 Å². The monoisotopic (exact) mass is 1090 g/mol. The number of carbonyl (C=O) groups excluding carboxylic acids is 2. The predicted octanol–water partition coefficient (Wildman–Crippen LogP) is 8.30. The number of nitrogens with zero attached hydrogens (tertiary/aromatic N) is 6. The third-order valence-electron chi connectivity index (χ3n) is 12.9. The summed E-state index contributed by atoms with van der Waals surface area (Å²) in [5.74, 6) is 0.787. The van der Waals surface area contributed by atoms with Gasteiger partial charge in [-0.25, -0.2) is 9.97 Å². The zero-order chi connectivity index (χ0) is 55.0. The Hall–Kier alpha value is -8.42. The normalized spacial score (nSPS) is 12.2. The first kappa shape index (κ1) is 55.8. The first-order chi connectivity index (χ1) is 37.8. The number of amides is 2. The summed E-state index contributed by atoms with van der Waals surface area (Å²) in [5.41, 5.74) is 23.8. The van der Waals surface area contributed by atoms with Gasteiger partial charge in [0.05, 0.1) is 34.8 Å². The fraction of sp³-hybridized carbons (Fsp3) is 0.241. The Morgan fingerprint density at radius 3 is 1.37 bits per heavy atom. The van der Waals surface area contributed by atoms with E-state index in [1.807, 2.05) is 36.4 Å². The lowest BCUT2D eigenvalue weighted by atomic mass is 9.92. The van der Waals surface area contributed by atoms with Crippen LogP contribution >= 0.6 is 23.2 Å². The summed E-state index contributed by atoms with van der Waals surface area (Å²) in [6, 6.07) is 21.8. The zero-order valence-electron chi connectivity index (χ0n) is 43.6. The van der Waals surface area contributed by atoms with Gasteiger partial charge in [-0.15, -0.1) is 0 Å². The zero-order valence-corrected chi connectivity index (χ0v) is 45.1. The molecule has 0 fully saturated rings. The number of ether oxygens (including phenoxy) is 4. The molecule has 8 N–H and O–H groups in total. The number of rotatable bonds is 27. The second-order valence-electron chi connectivity index (χ2n) is 18.4. The summed E-state index contributed by atoms with van der Waals surface area (Å²) in [4.78, 5) is 56.1. The number of carbonyl (C=O) groups is 2. The Bertz CT molecular complexity index is 3170. The number of nitrogens with two attached hydrogens (primary N) is 2. The van der Waals surface area contributed by atoms with E-state index in [-0.39, 0.29) is 39.5 Å². The highest BCUT2D eigenvalue weighted by molar-refractivity contribution is 6.32. The van der Waals surface area contributed by atoms with Gasteiger partial charge in [0.2, 0.25) is 11.8 Å². The van der Waals surface area contributed by atoms with Gasteiger partial charge in [-0.05, 0) is 71.5 Å². The molecule has 0 saturated heterocycles. The molecule has 8 rings (SSSR count). The van der Waals surface area contributed by atoms with Crippen molar-refractivity contribution in [2.75, 3.05) is 14.1 Å². The molecule has 8 aromatic rings. The topological polar surface area (TPSA) is 255 Å². The van der Waals surface area contributed by atoms with E-state index in [1.165, 1.54) is 0 Å². The molecule has 2 atom stereocenters. The van der Waals surface area contributed by atoms with Crippen molar-refractivity contribution in [2.45, 2.75) is 78.3 Å². The molecule has 0 aliphatic carbocycles. The first-order valence-electron chi connectivity index (χ1n) is 24.9. The first-order valence-corrected chi connectivity index (χ1v) is 25.7. The van der Waals surface area contributed by atoms with Crippen molar-refractivity contribution in [3.63, 3.8) is 0 Å². The van der Waals surface area contributed by atoms with Gasteiger partial charge in [0.1, 0.15) is 49.4 Å². The van der Waals surface area contributed by atoms with Gasteiger partial charge in [-0.1, -0.05) is 59.6 Å². The van der Waals surface area contributed by atoms with Crippen molar-refractivity contribution in [1.82, 2.24) is 40.5 Å². The van der Waals surface area contributed by atoms with Crippen molar-refractivity contribution >= 4 is 47.4 Å². The van der Waals surface area contributed by atoms with Gasteiger partial charge < -0.3 is 51.0 Å². The molecule has 0 bridgehead atoms. The van der Waals surface area contributed by atoms with Crippen molar-refractivity contribution in [3.05, 3.63) is 200 Å². The van der Waals surface area contributed by atoms with Crippen LogP contribution in [0.1, 0.15) is 67.0 Å². The Morgan fingerprint density at radius 1 is 0.564 bits per heavy atom. The molecule has 0 aliphatic heterocycles. The number of imidazole rings is 2. The molecule has 402 valence electrons. The standard InChI is InChI=1S/C58H60Cl2N12O6/c1-35-41(31-77-55-17-53(75-29-39-11-37(19-63-3)21-65-23-39)43(13-49(55)59)25-69-51(57(61)73)15-45-27-67-33-71-45)7-5-9-47(35)48-10-6-8-42(36(48)2)32-78-56-18-54(76-30-40-12-38(20-64-4)22-66-24-40)44(14-50(56)60)26-70-52(58(62)74)16-46-28-68-34-72-46/h5-14,17-24,27-28,33-34,51-52,69-70H,15-16,25-26,29-32H2,1-4H3,(H2,61,73)(H2,62,74)(H,67,71)(H,68,72)/b63-19+,64-20+/t51-,52-/m0/s1. The van der Waals surface area contributed by atoms with Crippen LogP contribution in [-0.4, -0.2) is 80.3 Å². The number of aliphatic imine (C=N–C) groups is 2. The van der Waals surface area contributed by atoms with Crippen molar-refractivity contribution < 1.29 is 28.5 Å². The lowest BCUT2D eigenvalue weighted by molar-refractivity contribution is -0.120. The van der Waals surface area contributed by atoms with Gasteiger partial charge in [0.15, 0.2) is 0 Å². The van der Waals surface area contributed by atoms with Crippen LogP contribution in [0.25, 0.3) is 11.1 Å². The number of hydrogen-bond acceptors (Lipinski definition) is 14. The largest absolute Gasteiger partial charge is 0.488 e. The minimum atomic E-state index is -0.697. The van der Waals surface area contributed by atoms with E-state index in [0.29, 0.717) is 57.0 Å². The molecule has 0 aliphatic rings. The third-order valence-corrected chi connectivity index (χ3v) is 13.5. The maximum absolute atomic E-state index is 12.5. The Labute approximate surface area is 462 Å². The maximum atomic E-state index is 12.5. The molecule has 0 saturated carbocycles. The molecule has 2 amide bonds. The minimum absolute atomic E-state index is 0.189. The Morgan fingerprint density at radius 2 is 0.987 bits per heavy atom. The molecular formula is C58H60Cl2N12O6. The van der Waals surface area contributed by atoms with Gasteiger partial charge in [-0.2, -0.15) is 0 Å². The summed E-state index contributed by atoms with van der Waals surface area (Å²) in [5, 5.41) is 7.24. The van der Waals surface area contributed by atoms with E-state index in [9.17, 15) is 9.59 Å². The summed E-state index contributed by atoms with van der Waals surface area (Å²) in [6.45, 7) is 5.34. The smallest absolute Gasteiger partial charge is 0.234 e. The molecule has 0 spiro atoms. The van der Waals surface area contributed by atoms with Crippen LogP contribution in [0.2, 0.25) is 10.0 Å². The number of halogens is 2. The second-order valence-corrected chi connectivity index (χ2v) is 19.2. The minimum Gasteiger partial charge on any atom is -0.488 e. The molecule has 0 unspecified atom stereocenters. The maximum Gasteiger partial charge on any atom is 0.234 e. The molecule has 4 aromatic carbocycles. The summed E-state index contributed by atoms with van der Waals surface area (Å²) in [7, 11) is 3.40. The van der Waals surface area contributed by atoms with Crippen LogP contribution in [0.5, 0.6) is 23.0 Å². The van der Waals surface area contributed by atoms with Crippen molar-refractivity contribution in [3.8, 4) is 34.1 Å². The van der Waals surface area contributed by atoms with E-state index in [2.05, 4.69) is 76.5 Å². The quantitative estimate of drug-likeness (QED) is 0.0266. The third kappa shape index (κ3) is 14.9. The van der Waals surface area contributed by atoms with Crippen LogP contribution in [-0.2, 0) is 61.9 Å². The van der Waals surface area contributed by atoms with Crippen LogP contribution in [0.4, 0.5) is 0 Å². The molecule has 18 nitrogen and oxygen atoms in total. The molecule has 78 heavy (non-hydrogen) atoms. The molecular weight excluding hydrogens is 1030 g/mol. The average molecular weight is 1090 g/mol. The molecule has 20 heteroatoms. The summed E-state index contributed by atoms with van der Waals surface area (Å²) in [6.07, 6.45) is 17.4. The van der Waals surface area contributed by atoms with E-state index < -0.39 is 23.9 Å². The van der Waals surface area contributed by atoms with Crippen molar-refractivity contribution in [2.24, 2.45) is 21.5 Å². The van der Waals surface area contributed by atoms with Gasteiger partial charge in [0, 0.05) is 147 Å². The molecule has 4 heterocycles. The SMILES string of the molecule is C/N=C/c1cncc(COc2cc(OCc3cccc(-c4cccc(COc5cc(OCc6cncc(/C=N/C)c6)c(CN[C@@H](Cc6cnc[nH]6)C(N)=O)cc5Cl)c4C)c3C)c(Cl)cc2CN[C@@H](Cc2cnc[nH]2)C(N)=O)c1. The van der Waals surface area contributed by atoms with E-state index >= 15 is 0 Å². The predicted molar refractivity (Wildman–Crippen MR) is 301 cm³/mol. The number of nitrogens with one attached hydrogen (secondary N) is 4. The fourth-order valence-corrected chi connectivity index (χ4v) is 9.15. The number of H-pyrrole nitrogens is 2. The van der Waals surface area contributed by atoms with Gasteiger partial charge in [0.25, 0.3) is 0 Å². The number of primary amides is 2. The average Bonchev–Trinajstić information content (AvgIpc) is 4.17.